The van der Waals surface area contributed by atoms with Gasteiger partial charge in [0.15, 0.2) is 0 Å². The number of para-hydroxylation sites is 1. The molecule has 0 saturated carbocycles. The van der Waals surface area contributed by atoms with Crippen LogP contribution >= 0.6 is 22.6 Å². The average molecular weight is 383 g/mol. The lowest BCUT2D eigenvalue weighted by Crippen LogP contribution is -2.15. The zero-order valence-electron chi connectivity index (χ0n) is 10.1. The standard InChI is InChI=1S/C14H10INO4/c15-8-5-6-11(10(7-8)14(19)20)16-13(18)9-3-1-2-4-12(9)17/h1-7,17H,(H,16,18)(H,19,20). The molecule has 0 aromatic heterocycles. The molecule has 0 radical (unpaired) electrons. The Morgan fingerprint density at radius 3 is 2.40 bits per heavy atom. The van der Waals surface area contributed by atoms with Gasteiger partial charge < -0.3 is 15.5 Å². The van der Waals surface area contributed by atoms with Crippen LogP contribution in [-0.4, -0.2) is 22.1 Å². The molecular weight excluding hydrogens is 373 g/mol. The number of amides is 1. The van der Waals surface area contributed by atoms with Gasteiger partial charge in [-0.05, 0) is 52.9 Å². The van der Waals surface area contributed by atoms with Crippen molar-refractivity contribution < 1.29 is 19.8 Å². The maximum Gasteiger partial charge on any atom is 0.337 e. The van der Waals surface area contributed by atoms with Crippen LogP contribution in [0, 0.1) is 3.57 Å². The van der Waals surface area contributed by atoms with Crippen molar-refractivity contribution in [1.29, 1.82) is 0 Å². The molecule has 0 heterocycles. The molecule has 0 aliphatic heterocycles. The van der Waals surface area contributed by atoms with Crippen LogP contribution in [0.5, 0.6) is 5.75 Å². The highest BCUT2D eigenvalue weighted by Gasteiger charge is 2.15. The Bertz CT molecular complexity index is 685. The van der Waals surface area contributed by atoms with E-state index in [0.717, 1.165) is 3.57 Å². The Labute approximate surface area is 128 Å². The first-order valence-electron chi connectivity index (χ1n) is 5.61. The number of hydrogen-bond donors (Lipinski definition) is 3. The number of phenols is 1. The van der Waals surface area contributed by atoms with Crippen molar-refractivity contribution in [3.05, 3.63) is 57.2 Å². The molecule has 0 fully saturated rings. The third-order valence-electron chi connectivity index (χ3n) is 2.61. The molecule has 0 bridgehead atoms. The smallest absolute Gasteiger partial charge is 0.337 e. The number of benzene rings is 2. The zero-order chi connectivity index (χ0) is 14.7. The number of carbonyl (C=O) groups excluding carboxylic acids is 1. The van der Waals surface area contributed by atoms with Crippen molar-refractivity contribution >= 4 is 40.2 Å². The molecule has 1 amide bonds. The molecule has 0 aliphatic rings. The van der Waals surface area contributed by atoms with Crippen molar-refractivity contribution in [2.75, 3.05) is 5.32 Å². The molecule has 102 valence electrons. The summed E-state index contributed by atoms with van der Waals surface area (Å²) in [5, 5.41) is 21.2. The van der Waals surface area contributed by atoms with Gasteiger partial charge >= 0.3 is 5.97 Å². The predicted molar refractivity (Wildman–Crippen MR) is 82.2 cm³/mol. The van der Waals surface area contributed by atoms with Crippen LogP contribution in [0.4, 0.5) is 5.69 Å². The second-order valence-corrected chi connectivity index (χ2v) is 5.21. The first-order valence-corrected chi connectivity index (χ1v) is 6.69. The van der Waals surface area contributed by atoms with Gasteiger partial charge in [-0.15, -0.1) is 0 Å². The summed E-state index contributed by atoms with van der Waals surface area (Å²) in [4.78, 5) is 23.2. The van der Waals surface area contributed by atoms with Crippen molar-refractivity contribution in [1.82, 2.24) is 0 Å². The van der Waals surface area contributed by atoms with Crippen molar-refractivity contribution in [2.24, 2.45) is 0 Å². The van der Waals surface area contributed by atoms with Crippen LogP contribution in [0.1, 0.15) is 20.7 Å². The summed E-state index contributed by atoms with van der Waals surface area (Å²) in [5.41, 5.74) is 0.272. The van der Waals surface area contributed by atoms with Gasteiger partial charge in [0.1, 0.15) is 5.75 Å². The number of carbonyl (C=O) groups is 2. The number of phenolic OH excluding ortho intramolecular Hbond substituents is 1. The molecule has 5 nitrogen and oxygen atoms in total. The minimum Gasteiger partial charge on any atom is -0.507 e. The number of hydrogen-bond acceptors (Lipinski definition) is 3. The van der Waals surface area contributed by atoms with E-state index in [1.165, 1.54) is 24.3 Å². The zero-order valence-corrected chi connectivity index (χ0v) is 12.3. The number of carboxylic acid groups (broad SMARTS) is 1. The molecule has 0 spiro atoms. The van der Waals surface area contributed by atoms with Crippen LogP contribution in [0.2, 0.25) is 0 Å². The number of nitrogens with one attached hydrogen (secondary N) is 1. The second-order valence-electron chi connectivity index (χ2n) is 3.97. The number of aromatic hydroxyl groups is 1. The van der Waals surface area contributed by atoms with Gasteiger partial charge in [-0.3, -0.25) is 4.79 Å². The molecule has 2 rings (SSSR count). The second kappa shape index (κ2) is 5.91. The minimum atomic E-state index is -1.13. The quantitative estimate of drug-likeness (QED) is 0.712. The van der Waals surface area contributed by atoms with Gasteiger partial charge in [-0.25, -0.2) is 4.79 Å². The third kappa shape index (κ3) is 3.08. The number of rotatable bonds is 3. The average Bonchev–Trinajstić information content (AvgIpc) is 2.41. The van der Waals surface area contributed by atoms with Gasteiger partial charge in [0, 0.05) is 3.57 Å². The van der Waals surface area contributed by atoms with E-state index in [1.54, 1.807) is 18.2 Å². The lowest BCUT2D eigenvalue weighted by molar-refractivity contribution is 0.0698. The molecule has 6 heteroatoms. The highest BCUT2D eigenvalue weighted by atomic mass is 127. The van der Waals surface area contributed by atoms with Gasteiger partial charge in [0.2, 0.25) is 0 Å². The van der Waals surface area contributed by atoms with E-state index in [9.17, 15) is 14.7 Å². The fourth-order valence-corrected chi connectivity index (χ4v) is 2.15. The number of halogens is 1. The molecule has 0 atom stereocenters. The molecule has 0 saturated heterocycles. The Morgan fingerprint density at radius 2 is 1.75 bits per heavy atom. The Morgan fingerprint density at radius 1 is 1.05 bits per heavy atom. The molecule has 0 aliphatic carbocycles. The van der Waals surface area contributed by atoms with Crippen LogP contribution in [0.15, 0.2) is 42.5 Å². The normalized spacial score (nSPS) is 10.1. The Balaban J connectivity index is 2.33. The van der Waals surface area contributed by atoms with Crippen molar-refractivity contribution in [3.63, 3.8) is 0 Å². The summed E-state index contributed by atoms with van der Waals surface area (Å²) in [6.45, 7) is 0. The molecule has 0 unspecified atom stereocenters. The fourth-order valence-electron chi connectivity index (χ4n) is 1.66. The molecule has 20 heavy (non-hydrogen) atoms. The minimum absolute atomic E-state index is 0.000621. The van der Waals surface area contributed by atoms with Gasteiger partial charge in [-0.1, -0.05) is 12.1 Å². The highest BCUT2D eigenvalue weighted by molar-refractivity contribution is 14.1. The number of carboxylic acids is 1. The summed E-state index contributed by atoms with van der Waals surface area (Å²) < 4.78 is 0.751. The monoisotopic (exact) mass is 383 g/mol. The van der Waals surface area contributed by atoms with E-state index in [-0.39, 0.29) is 22.6 Å². The number of anilines is 1. The number of aromatic carboxylic acids is 1. The summed E-state index contributed by atoms with van der Waals surface area (Å²) in [6, 6.07) is 10.7. The van der Waals surface area contributed by atoms with Gasteiger partial charge in [0.25, 0.3) is 5.91 Å². The topological polar surface area (TPSA) is 86.6 Å². The van der Waals surface area contributed by atoms with Crippen molar-refractivity contribution in [2.45, 2.75) is 0 Å². The summed E-state index contributed by atoms with van der Waals surface area (Å²) in [5.74, 6) is -1.85. The molecule has 3 N–H and O–H groups in total. The largest absolute Gasteiger partial charge is 0.507 e. The lowest BCUT2D eigenvalue weighted by Gasteiger charge is -2.09. The Hall–Kier alpha value is -2.09. The Kier molecular flexibility index (Phi) is 4.23. The third-order valence-corrected chi connectivity index (χ3v) is 3.28. The summed E-state index contributed by atoms with van der Waals surface area (Å²) in [6.07, 6.45) is 0. The van der Waals surface area contributed by atoms with E-state index in [0.29, 0.717) is 0 Å². The van der Waals surface area contributed by atoms with Gasteiger partial charge in [-0.2, -0.15) is 0 Å². The summed E-state index contributed by atoms with van der Waals surface area (Å²) in [7, 11) is 0. The van der Waals surface area contributed by atoms with Crippen molar-refractivity contribution in [3.8, 4) is 5.75 Å². The van der Waals surface area contributed by atoms with E-state index < -0.39 is 11.9 Å². The first-order chi connectivity index (χ1) is 9.49. The van der Waals surface area contributed by atoms with E-state index in [2.05, 4.69) is 5.32 Å². The summed E-state index contributed by atoms with van der Waals surface area (Å²) >= 11 is 1.99. The molecular formula is C14H10INO4. The maximum atomic E-state index is 12.0. The van der Waals surface area contributed by atoms with Gasteiger partial charge in [0.05, 0.1) is 16.8 Å². The highest BCUT2D eigenvalue weighted by Crippen LogP contribution is 2.22. The molecule has 2 aromatic carbocycles. The van der Waals surface area contributed by atoms with E-state index >= 15 is 0 Å². The fraction of sp³-hybridized carbons (Fsp3) is 0. The first kappa shape index (κ1) is 14.3. The lowest BCUT2D eigenvalue weighted by atomic mass is 10.1. The van der Waals surface area contributed by atoms with E-state index in [4.69, 9.17) is 5.11 Å². The molecule has 2 aromatic rings. The maximum absolute atomic E-state index is 12.0. The van der Waals surface area contributed by atoms with Crippen LogP contribution < -0.4 is 5.32 Å². The van der Waals surface area contributed by atoms with Crippen LogP contribution in [0.25, 0.3) is 0 Å². The SMILES string of the molecule is O=C(Nc1ccc(I)cc1C(=O)O)c1ccccc1O. The predicted octanol–water partition coefficient (Wildman–Crippen LogP) is 2.95. The van der Waals surface area contributed by atoms with E-state index in [1.807, 2.05) is 22.6 Å². The van der Waals surface area contributed by atoms with Crippen LogP contribution in [-0.2, 0) is 0 Å². The van der Waals surface area contributed by atoms with Crippen LogP contribution in [0.3, 0.4) is 0 Å².